The van der Waals surface area contributed by atoms with E-state index in [1.54, 1.807) is 6.07 Å². The van der Waals surface area contributed by atoms with Crippen LogP contribution in [-0.2, 0) is 4.79 Å². The largest absolute Gasteiger partial charge is 0.324 e. The van der Waals surface area contributed by atoms with Gasteiger partial charge in [-0.2, -0.15) is 0 Å². The van der Waals surface area contributed by atoms with Gasteiger partial charge in [0.15, 0.2) is 0 Å². The number of hydrogen-bond acceptors (Lipinski definition) is 3. The van der Waals surface area contributed by atoms with Crippen LogP contribution in [0.15, 0.2) is 18.2 Å². The van der Waals surface area contributed by atoms with Gasteiger partial charge in [-0.3, -0.25) is 4.79 Å². The summed E-state index contributed by atoms with van der Waals surface area (Å²) in [5.41, 5.74) is 0.195. The lowest BCUT2D eigenvalue weighted by atomic mass is 9.96. The van der Waals surface area contributed by atoms with Crippen LogP contribution in [0, 0.1) is 11.7 Å². The summed E-state index contributed by atoms with van der Waals surface area (Å²) in [5.74, 6) is 0.143. The Morgan fingerprint density at radius 1 is 1.07 bits per heavy atom. The molecule has 0 spiro atoms. The molecule has 0 aromatic heterocycles. The molecule has 0 radical (unpaired) electrons. The highest BCUT2D eigenvalue weighted by atomic mass is 35.5. The van der Waals surface area contributed by atoms with E-state index >= 15 is 0 Å². The fourth-order valence-corrected chi connectivity index (χ4v) is 4.30. The van der Waals surface area contributed by atoms with E-state index in [4.69, 9.17) is 11.6 Å². The maximum atomic E-state index is 13.8. The van der Waals surface area contributed by atoms with Crippen molar-refractivity contribution >= 4 is 23.2 Å². The normalized spacial score (nSPS) is 20.4. The molecule has 0 unspecified atom stereocenters. The summed E-state index contributed by atoms with van der Waals surface area (Å²) in [6.07, 6.45) is 8.28. The minimum atomic E-state index is -0.495. The van der Waals surface area contributed by atoms with E-state index in [2.05, 4.69) is 15.1 Å². The van der Waals surface area contributed by atoms with E-state index < -0.39 is 5.82 Å². The quantitative estimate of drug-likeness (QED) is 0.775. The van der Waals surface area contributed by atoms with E-state index in [1.807, 2.05) is 0 Å². The number of halogens is 2. The molecule has 2 heterocycles. The molecule has 0 aliphatic carbocycles. The predicted molar refractivity (Wildman–Crippen MR) is 109 cm³/mol. The summed E-state index contributed by atoms with van der Waals surface area (Å²) in [4.78, 5) is 17.1. The van der Waals surface area contributed by atoms with Crippen LogP contribution in [0.2, 0.25) is 5.02 Å². The van der Waals surface area contributed by atoms with E-state index in [0.29, 0.717) is 11.4 Å². The molecule has 1 aromatic rings. The van der Waals surface area contributed by atoms with E-state index in [1.165, 1.54) is 70.3 Å². The van der Waals surface area contributed by atoms with Crippen molar-refractivity contribution in [1.29, 1.82) is 0 Å². The van der Waals surface area contributed by atoms with Crippen LogP contribution in [0.4, 0.5) is 10.1 Å². The smallest absolute Gasteiger partial charge is 0.225 e. The number of nitrogens with zero attached hydrogens (tertiary/aromatic N) is 2. The molecule has 0 saturated carbocycles. The number of carbonyl (C=O) groups excluding carboxylic acids is 1. The number of amides is 1. The molecule has 27 heavy (non-hydrogen) atoms. The van der Waals surface area contributed by atoms with Gasteiger partial charge in [-0.1, -0.05) is 24.4 Å². The summed E-state index contributed by atoms with van der Waals surface area (Å²) in [6, 6.07) is 4.30. The van der Waals surface area contributed by atoms with Gasteiger partial charge in [-0.25, -0.2) is 4.39 Å². The average molecular weight is 396 g/mol. The number of rotatable bonds is 6. The Labute approximate surface area is 167 Å². The lowest BCUT2D eigenvalue weighted by molar-refractivity contribution is -0.116. The molecule has 0 atom stereocenters. The lowest BCUT2D eigenvalue weighted by Gasteiger charge is -2.34. The van der Waals surface area contributed by atoms with Gasteiger partial charge in [0.25, 0.3) is 0 Å². The van der Waals surface area contributed by atoms with Gasteiger partial charge < -0.3 is 15.1 Å². The molecule has 2 aliphatic rings. The number of benzene rings is 1. The Bertz CT molecular complexity index is 611. The van der Waals surface area contributed by atoms with Crippen LogP contribution in [0.5, 0.6) is 0 Å². The van der Waals surface area contributed by atoms with Crippen LogP contribution in [-0.4, -0.2) is 55.0 Å². The number of nitrogens with one attached hydrogen (secondary N) is 1. The second kappa shape index (κ2) is 10.4. The Morgan fingerprint density at radius 2 is 1.78 bits per heavy atom. The highest BCUT2D eigenvalue weighted by Gasteiger charge is 2.22. The highest BCUT2D eigenvalue weighted by molar-refractivity contribution is 6.30. The number of anilines is 1. The van der Waals surface area contributed by atoms with Crippen molar-refractivity contribution in [1.82, 2.24) is 9.80 Å². The van der Waals surface area contributed by atoms with Crippen LogP contribution >= 0.6 is 11.6 Å². The zero-order valence-corrected chi connectivity index (χ0v) is 16.8. The monoisotopic (exact) mass is 395 g/mol. The molecular formula is C21H31ClFN3O. The van der Waals surface area contributed by atoms with Crippen LogP contribution in [0.1, 0.15) is 44.9 Å². The maximum Gasteiger partial charge on any atom is 0.225 e. The fraction of sp³-hybridized carbons (Fsp3) is 0.667. The minimum absolute atomic E-state index is 0.150. The molecule has 2 fully saturated rings. The molecule has 1 amide bonds. The fourth-order valence-electron chi connectivity index (χ4n) is 4.14. The predicted octanol–water partition coefficient (Wildman–Crippen LogP) is 4.40. The number of carbonyl (C=O) groups is 1. The van der Waals surface area contributed by atoms with Crippen LogP contribution < -0.4 is 5.32 Å². The first-order valence-corrected chi connectivity index (χ1v) is 10.7. The van der Waals surface area contributed by atoms with Gasteiger partial charge in [0, 0.05) is 24.5 Å². The maximum absolute atomic E-state index is 13.8. The van der Waals surface area contributed by atoms with Crippen molar-refractivity contribution in [3.05, 3.63) is 29.0 Å². The van der Waals surface area contributed by atoms with Crippen molar-refractivity contribution in [2.45, 2.75) is 44.9 Å². The molecule has 2 aliphatic heterocycles. The first-order chi connectivity index (χ1) is 13.1. The zero-order valence-electron chi connectivity index (χ0n) is 16.1. The SMILES string of the molecule is O=C(CCN1CCC(CN2CCCCCC2)CC1)Nc1ccc(Cl)cc1F. The first-order valence-electron chi connectivity index (χ1n) is 10.3. The topological polar surface area (TPSA) is 35.6 Å². The molecule has 4 nitrogen and oxygen atoms in total. The minimum Gasteiger partial charge on any atom is -0.324 e. The zero-order chi connectivity index (χ0) is 19.1. The molecule has 6 heteroatoms. The molecular weight excluding hydrogens is 365 g/mol. The Hall–Kier alpha value is -1.17. The third kappa shape index (κ3) is 6.74. The standard InChI is InChI=1S/C21H31ClFN3O/c22-18-5-6-20(19(23)15-18)24-21(27)9-14-25-12-7-17(8-13-25)16-26-10-3-1-2-4-11-26/h5-6,15,17H,1-4,7-14,16H2,(H,24,27). The summed E-state index contributed by atoms with van der Waals surface area (Å²) in [5, 5.41) is 2.97. The summed E-state index contributed by atoms with van der Waals surface area (Å²) in [7, 11) is 0. The van der Waals surface area contributed by atoms with E-state index in [-0.39, 0.29) is 11.6 Å². The molecule has 1 N–H and O–H groups in total. The molecule has 1 aromatic carbocycles. The van der Waals surface area contributed by atoms with Gasteiger partial charge in [-0.15, -0.1) is 0 Å². The Balaban J connectivity index is 1.34. The van der Waals surface area contributed by atoms with Gasteiger partial charge in [-0.05, 0) is 76.0 Å². The second-order valence-corrected chi connectivity index (χ2v) is 8.36. The van der Waals surface area contributed by atoms with Crippen LogP contribution in [0.3, 0.4) is 0 Å². The van der Waals surface area contributed by atoms with Gasteiger partial charge in [0.2, 0.25) is 5.91 Å². The van der Waals surface area contributed by atoms with E-state index in [0.717, 1.165) is 25.6 Å². The number of likely N-dealkylation sites (tertiary alicyclic amines) is 2. The summed E-state index contributed by atoms with van der Waals surface area (Å²) < 4.78 is 13.8. The van der Waals surface area contributed by atoms with Crippen LogP contribution in [0.25, 0.3) is 0 Å². The average Bonchev–Trinajstić information content (AvgIpc) is 2.92. The first kappa shape index (κ1) is 20.6. The lowest BCUT2D eigenvalue weighted by Crippen LogP contribution is -2.40. The Kier molecular flexibility index (Phi) is 7.92. The number of hydrogen-bond donors (Lipinski definition) is 1. The van der Waals surface area contributed by atoms with E-state index in [9.17, 15) is 9.18 Å². The molecule has 2 saturated heterocycles. The highest BCUT2D eigenvalue weighted by Crippen LogP contribution is 2.21. The third-order valence-corrected chi connectivity index (χ3v) is 6.02. The Morgan fingerprint density at radius 3 is 2.44 bits per heavy atom. The van der Waals surface area contributed by atoms with Gasteiger partial charge >= 0.3 is 0 Å². The van der Waals surface area contributed by atoms with Crippen molar-refractivity contribution in [3.8, 4) is 0 Å². The van der Waals surface area contributed by atoms with Crippen molar-refractivity contribution < 1.29 is 9.18 Å². The number of piperidine rings is 1. The van der Waals surface area contributed by atoms with Crippen molar-refractivity contribution in [2.24, 2.45) is 5.92 Å². The van der Waals surface area contributed by atoms with Gasteiger partial charge in [0.1, 0.15) is 5.82 Å². The molecule has 3 rings (SSSR count). The van der Waals surface area contributed by atoms with Gasteiger partial charge in [0.05, 0.1) is 5.69 Å². The van der Waals surface area contributed by atoms with Crippen molar-refractivity contribution in [3.63, 3.8) is 0 Å². The van der Waals surface area contributed by atoms with Crippen molar-refractivity contribution in [2.75, 3.05) is 44.6 Å². The second-order valence-electron chi connectivity index (χ2n) is 7.92. The third-order valence-electron chi connectivity index (χ3n) is 5.78. The summed E-state index contributed by atoms with van der Waals surface area (Å²) in [6.45, 7) is 6.62. The molecule has 0 bridgehead atoms. The molecule has 150 valence electrons. The summed E-state index contributed by atoms with van der Waals surface area (Å²) >= 11 is 5.74.